The second-order valence-corrected chi connectivity index (χ2v) is 4.71. The number of amides is 2. The Morgan fingerprint density at radius 1 is 1.71 bits per heavy atom. The van der Waals surface area contributed by atoms with Crippen molar-refractivity contribution in [3.8, 4) is 0 Å². The smallest absolute Gasteiger partial charge is 0.242 e. The third-order valence-corrected chi connectivity index (χ3v) is 3.37. The van der Waals surface area contributed by atoms with Crippen LogP contribution in [-0.4, -0.2) is 62.0 Å². The molecule has 0 saturated carbocycles. The molecule has 2 rings (SSSR count). The maximum absolute atomic E-state index is 11.8. The van der Waals surface area contributed by atoms with E-state index in [0.717, 1.165) is 0 Å². The molecule has 2 amide bonds. The van der Waals surface area contributed by atoms with Crippen LogP contribution in [0.15, 0.2) is 6.33 Å². The van der Waals surface area contributed by atoms with Gasteiger partial charge in [-0.1, -0.05) is 0 Å². The van der Waals surface area contributed by atoms with Crippen LogP contribution in [-0.2, 0) is 16.1 Å². The highest BCUT2D eigenvalue weighted by atomic mass is 32.2. The van der Waals surface area contributed by atoms with E-state index in [1.165, 1.54) is 23.0 Å². The van der Waals surface area contributed by atoms with Crippen molar-refractivity contribution < 1.29 is 9.59 Å². The highest BCUT2D eigenvalue weighted by molar-refractivity contribution is 8.00. The first-order valence-electron chi connectivity index (χ1n) is 5.10. The van der Waals surface area contributed by atoms with Crippen molar-refractivity contribution in [2.45, 2.75) is 6.54 Å². The van der Waals surface area contributed by atoms with Crippen molar-refractivity contribution in [3.05, 3.63) is 12.2 Å². The predicted molar refractivity (Wildman–Crippen MR) is 61.9 cm³/mol. The normalized spacial score (nSPS) is 15.4. The van der Waals surface area contributed by atoms with Gasteiger partial charge in [0, 0.05) is 7.05 Å². The van der Waals surface area contributed by atoms with Crippen LogP contribution in [0.5, 0.6) is 0 Å². The van der Waals surface area contributed by atoms with Gasteiger partial charge in [0.05, 0.1) is 18.2 Å². The molecule has 7 nitrogen and oxygen atoms in total. The molecular formula is C9H13N5O2S. The Bertz CT molecular complexity index is 408. The summed E-state index contributed by atoms with van der Waals surface area (Å²) in [7, 11) is 1.68. The molecular weight excluding hydrogens is 242 g/mol. The first kappa shape index (κ1) is 11.9. The van der Waals surface area contributed by atoms with E-state index in [1.54, 1.807) is 11.9 Å². The molecule has 1 aliphatic rings. The van der Waals surface area contributed by atoms with Gasteiger partial charge in [-0.2, -0.15) is 5.10 Å². The van der Waals surface area contributed by atoms with Crippen LogP contribution < -0.4 is 0 Å². The number of carbonyl (C=O) groups excluding carboxylic acids is 2. The van der Waals surface area contributed by atoms with Crippen LogP contribution in [0.4, 0.5) is 0 Å². The van der Waals surface area contributed by atoms with Gasteiger partial charge in [0.2, 0.25) is 11.8 Å². The van der Waals surface area contributed by atoms with Crippen LogP contribution in [0.1, 0.15) is 5.82 Å². The summed E-state index contributed by atoms with van der Waals surface area (Å²) in [6.45, 7) is 0.504. The molecule has 1 aliphatic heterocycles. The zero-order valence-corrected chi connectivity index (χ0v) is 10.2. The van der Waals surface area contributed by atoms with Crippen molar-refractivity contribution in [1.29, 1.82) is 0 Å². The average molecular weight is 255 g/mol. The van der Waals surface area contributed by atoms with E-state index in [9.17, 15) is 9.59 Å². The largest absolute Gasteiger partial charge is 0.337 e. The maximum Gasteiger partial charge on any atom is 0.242 e. The van der Waals surface area contributed by atoms with Gasteiger partial charge in [-0.3, -0.25) is 14.7 Å². The lowest BCUT2D eigenvalue weighted by atomic mass is 10.4. The van der Waals surface area contributed by atoms with Crippen molar-refractivity contribution in [1.82, 2.24) is 25.0 Å². The summed E-state index contributed by atoms with van der Waals surface area (Å²) in [5.74, 6) is 1.62. The fourth-order valence-electron chi connectivity index (χ4n) is 1.44. The lowest BCUT2D eigenvalue weighted by Crippen LogP contribution is -2.39. The van der Waals surface area contributed by atoms with E-state index < -0.39 is 0 Å². The van der Waals surface area contributed by atoms with Crippen LogP contribution in [0.2, 0.25) is 0 Å². The Hall–Kier alpha value is -1.57. The minimum atomic E-state index is -0.0998. The van der Waals surface area contributed by atoms with E-state index in [1.807, 2.05) is 0 Å². The van der Waals surface area contributed by atoms with Crippen LogP contribution in [0.3, 0.4) is 0 Å². The van der Waals surface area contributed by atoms with Crippen LogP contribution >= 0.6 is 11.8 Å². The number of H-pyrrole nitrogens is 1. The lowest BCUT2D eigenvalue weighted by molar-refractivity contribution is -0.137. The van der Waals surface area contributed by atoms with Gasteiger partial charge in [-0.15, -0.1) is 11.8 Å². The zero-order chi connectivity index (χ0) is 12.3. The van der Waals surface area contributed by atoms with Crippen molar-refractivity contribution >= 4 is 23.6 Å². The number of carbonyl (C=O) groups is 2. The molecule has 1 fully saturated rings. The van der Waals surface area contributed by atoms with E-state index >= 15 is 0 Å². The first-order chi connectivity index (χ1) is 8.16. The van der Waals surface area contributed by atoms with E-state index in [-0.39, 0.29) is 18.4 Å². The Labute approximate surface area is 103 Å². The topological polar surface area (TPSA) is 82.2 Å². The number of aromatic nitrogens is 3. The SMILES string of the molecule is CN(Cc1ncn[nH]1)C(=O)CN1CSCC1=O. The molecule has 17 heavy (non-hydrogen) atoms. The molecule has 0 aromatic carbocycles. The minimum absolute atomic E-state index is 0.0245. The maximum atomic E-state index is 11.8. The molecule has 1 saturated heterocycles. The highest BCUT2D eigenvalue weighted by Crippen LogP contribution is 2.14. The standard InChI is InChI=1S/C9H13N5O2S/c1-13(2-7-10-5-11-12-7)8(15)3-14-6-17-4-9(14)16/h5H,2-4,6H2,1H3,(H,10,11,12). The molecule has 2 heterocycles. The Morgan fingerprint density at radius 2 is 2.53 bits per heavy atom. The fourth-order valence-corrected chi connectivity index (χ4v) is 2.35. The molecule has 92 valence electrons. The average Bonchev–Trinajstić information content (AvgIpc) is 2.91. The summed E-state index contributed by atoms with van der Waals surface area (Å²) in [5, 5.41) is 6.39. The highest BCUT2D eigenvalue weighted by Gasteiger charge is 2.24. The summed E-state index contributed by atoms with van der Waals surface area (Å²) >= 11 is 1.53. The summed E-state index contributed by atoms with van der Waals surface area (Å²) in [4.78, 5) is 30.2. The van der Waals surface area contributed by atoms with Gasteiger partial charge in [-0.25, -0.2) is 4.98 Å². The molecule has 8 heteroatoms. The quantitative estimate of drug-likeness (QED) is 0.769. The predicted octanol–water partition coefficient (Wildman–Crippen LogP) is -0.704. The van der Waals surface area contributed by atoms with Crippen molar-refractivity contribution in [3.63, 3.8) is 0 Å². The molecule has 0 radical (unpaired) electrons. The summed E-state index contributed by atoms with van der Waals surface area (Å²) in [6.07, 6.45) is 1.40. The Kier molecular flexibility index (Phi) is 3.62. The number of rotatable bonds is 4. The van der Waals surface area contributed by atoms with Gasteiger partial charge in [0.1, 0.15) is 18.7 Å². The third kappa shape index (κ3) is 2.96. The van der Waals surface area contributed by atoms with Crippen molar-refractivity contribution in [2.75, 3.05) is 25.2 Å². The minimum Gasteiger partial charge on any atom is -0.337 e. The summed E-state index contributed by atoms with van der Waals surface area (Å²) < 4.78 is 0. The number of nitrogens with one attached hydrogen (secondary N) is 1. The molecule has 1 aromatic heterocycles. The van der Waals surface area contributed by atoms with Crippen LogP contribution in [0.25, 0.3) is 0 Å². The van der Waals surface area contributed by atoms with Gasteiger partial charge in [-0.05, 0) is 0 Å². The second kappa shape index (κ2) is 5.17. The molecule has 0 atom stereocenters. The number of hydrogen-bond donors (Lipinski definition) is 1. The van der Waals surface area contributed by atoms with E-state index in [2.05, 4.69) is 15.2 Å². The molecule has 1 N–H and O–H groups in total. The number of aromatic amines is 1. The first-order valence-corrected chi connectivity index (χ1v) is 6.26. The van der Waals surface area contributed by atoms with E-state index in [4.69, 9.17) is 0 Å². The lowest BCUT2D eigenvalue weighted by Gasteiger charge is -2.20. The number of nitrogens with zero attached hydrogens (tertiary/aromatic N) is 4. The summed E-state index contributed by atoms with van der Waals surface area (Å²) in [6, 6.07) is 0. The summed E-state index contributed by atoms with van der Waals surface area (Å²) in [5.41, 5.74) is 0. The molecule has 0 spiro atoms. The van der Waals surface area contributed by atoms with Gasteiger partial charge < -0.3 is 9.80 Å². The van der Waals surface area contributed by atoms with Gasteiger partial charge in [0.25, 0.3) is 0 Å². The number of likely N-dealkylation sites (N-methyl/N-ethyl adjacent to an activating group) is 1. The monoisotopic (exact) mass is 255 g/mol. The Balaban J connectivity index is 1.85. The molecule has 1 aromatic rings. The molecule has 0 bridgehead atoms. The molecule has 0 aliphatic carbocycles. The zero-order valence-electron chi connectivity index (χ0n) is 9.42. The van der Waals surface area contributed by atoms with Crippen molar-refractivity contribution in [2.24, 2.45) is 0 Å². The second-order valence-electron chi connectivity index (χ2n) is 3.75. The molecule has 0 unspecified atom stereocenters. The Morgan fingerprint density at radius 3 is 3.12 bits per heavy atom. The number of thioether (sulfide) groups is 1. The van der Waals surface area contributed by atoms with Crippen LogP contribution in [0, 0.1) is 0 Å². The van der Waals surface area contributed by atoms with Gasteiger partial charge in [0.15, 0.2) is 0 Å². The number of hydrogen-bond acceptors (Lipinski definition) is 5. The van der Waals surface area contributed by atoms with Gasteiger partial charge >= 0.3 is 0 Å². The fraction of sp³-hybridized carbons (Fsp3) is 0.556. The third-order valence-electron chi connectivity index (χ3n) is 2.43. The van der Waals surface area contributed by atoms with E-state index in [0.29, 0.717) is 24.0 Å².